The van der Waals surface area contributed by atoms with Gasteiger partial charge in [-0.05, 0) is 69.4 Å². The van der Waals surface area contributed by atoms with Crippen molar-refractivity contribution in [2.75, 3.05) is 39.5 Å². The molecule has 0 saturated carbocycles. The van der Waals surface area contributed by atoms with E-state index in [1.807, 2.05) is 0 Å². The van der Waals surface area contributed by atoms with Gasteiger partial charge in [-0.2, -0.15) is 0 Å². The summed E-state index contributed by atoms with van der Waals surface area (Å²) in [7, 11) is 0. The minimum Gasteiger partial charge on any atom is -0.466 e. The molecule has 0 radical (unpaired) electrons. The molecule has 0 bridgehead atoms. The lowest BCUT2D eigenvalue weighted by atomic mass is 9.88. The third-order valence-electron chi connectivity index (χ3n) is 10.9. The van der Waals surface area contributed by atoms with Gasteiger partial charge < -0.3 is 19.5 Å². The molecule has 0 fully saturated rings. The van der Waals surface area contributed by atoms with Crippen molar-refractivity contribution < 1.29 is 24.2 Å². The molecule has 0 spiro atoms. The molecule has 0 aliphatic heterocycles. The first kappa shape index (κ1) is 50.9. The normalized spacial score (nSPS) is 11.9. The molecule has 0 rings (SSSR count). The predicted molar refractivity (Wildman–Crippen MR) is 223 cm³/mol. The van der Waals surface area contributed by atoms with Crippen LogP contribution < -0.4 is 0 Å². The third-order valence-corrected chi connectivity index (χ3v) is 10.9. The van der Waals surface area contributed by atoms with Crippen molar-refractivity contribution in [1.82, 2.24) is 4.90 Å². The van der Waals surface area contributed by atoms with Gasteiger partial charge in [0.2, 0.25) is 0 Å². The van der Waals surface area contributed by atoms with Crippen LogP contribution in [-0.4, -0.2) is 61.4 Å². The standard InChI is InChI=1S/C46H91NO5/c1-6-9-12-15-16-19-25-34-45(50)52-42-46(4,5)36-27-22-29-38-47(39-30-40-48)37-28-21-20-26-33-44(49)51-41-35-43(31-23-17-13-10-7-2)32-24-18-14-11-8-3/h43,48H,6-42H2,1-5H3. The first-order valence-electron chi connectivity index (χ1n) is 22.9. The summed E-state index contributed by atoms with van der Waals surface area (Å²) in [5, 5.41) is 9.42. The predicted octanol–water partition coefficient (Wildman–Crippen LogP) is 13.2. The Bertz CT molecular complexity index is 758. The molecule has 0 aliphatic carbocycles. The highest BCUT2D eigenvalue weighted by atomic mass is 16.5. The van der Waals surface area contributed by atoms with E-state index < -0.39 is 0 Å². The van der Waals surface area contributed by atoms with Crippen LogP contribution in [0.5, 0.6) is 0 Å². The Labute approximate surface area is 324 Å². The lowest BCUT2D eigenvalue weighted by Gasteiger charge is -2.25. The van der Waals surface area contributed by atoms with Crippen LogP contribution in [-0.2, 0) is 19.1 Å². The van der Waals surface area contributed by atoms with Gasteiger partial charge in [-0.15, -0.1) is 0 Å². The van der Waals surface area contributed by atoms with Crippen LogP contribution in [0.2, 0.25) is 0 Å². The zero-order valence-corrected chi connectivity index (χ0v) is 35.8. The summed E-state index contributed by atoms with van der Waals surface area (Å²) in [6, 6.07) is 0. The molecule has 52 heavy (non-hydrogen) atoms. The maximum absolute atomic E-state index is 12.5. The molecule has 0 heterocycles. The zero-order chi connectivity index (χ0) is 38.4. The Kier molecular flexibility index (Phi) is 37.3. The second kappa shape index (κ2) is 38.1. The van der Waals surface area contributed by atoms with Gasteiger partial charge in [0.1, 0.15) is 0 Å². The second-order valence-electron chi connectivity index (χ2n) is 16.9. The number of unbranched alkanes of at least 4 members (excludes halogenated alkanes) is 19. The fourth-order valence-corrected chi connectivity index (χ4v) is 7.27. The number of rotatable bonds is 41. The third kappa shape index (κ3) is 35.9. The molecular formula is C46H91NO5. The average molecular weight is 738 g/mol. The monoisotopic (exact) mass is 738 g/mol. The van der Waals surface area contributed by atoms with E-state index in [4.69, 9.17) is 9.47 Å². The summed E-state index contributed by atoms with van der Waals surface area (Å²) in [5.74, 6) is 0.656. The Balaban J connectivity index is 4.12. The Morgan fingerprint density at radius 3 is 1.46 bits per heavy atom. The van der Waals surface area contributed by atoms with Gasteiger partial charge in [0.25, 0.3) is 0 Å². The van der Waals surface area contributed by atoms with E-state index in [2.05, 4.69) is 39.5 Å². The van der Waals surface area contributed by atoms with Crippen molar-refractivity contribution in [3.8, 4) is 0 Å². The van der Waals surface area contributed by atoms with Crippen LogP contribution in [0, 0.1) is 11.3 Å². The molecule has 0 aliphatic rings. The topological polar surface area (TPSA) is 76.1 Å². The molecule has 310 valence electrons. The summed E-state index contributed by atoms with van der Waals surface area (Å²) in [6.07, 6.45) is 36.2. The van der Waals surface area contributed by atoms with Gasteiger partial charge in [0.15, 0.2) is 0 Å². The van der Waals surface area contributed by atoms with Crippen LogP contribution in [0.15, 0.2) is 0 Å². The second-order valence-corrected chi connectivity index (χ2v) is 16.9. The molecule has 0 unspecified atom stereocenters. The van der Waals surface area contributed by atoms with E-state index in [-0.39, 0.29) is 24.0 Å². The zero-order valence-electron chi connectivity index (χ0n) is 35.8. The van der Waals surface area contributed by atoms with Gasteiger partial charge in [-0.25, -0.2) is 0 Å². The summed E-state index contributed by atoms with van der Waals surface area (Å²) >= 11 is 0. The number of carbonyl (C=O) groups is 2. The van der Waals surface area contributed by atoms with E-state index in [1.54, 1.807) is 0 Å². The maximum Gasteiger partial charge on any atom is 0.305 e. The molecule has 0 amide bonds. The van der Waals surface area contributed by atoms with Crippen LogP contribution in [0.25, 0.3) is 0 Å². The van der Waals surface area contributed by atoms with Gasteiger partial charge in [-0.1, -0.05) is 176 Å². The van der Waals surface area contributed by atoms with Crippen molar-refractivity contribution >= 4 is 11.9 Å². The Hall–Kier alpha value is -1.14. The number of carbonyl (C=O) groups excluding carboxylic acids is 2. The lowest BCUT2D eigenvalue weighted by molar-refractivity contribution is -0.147. The van der Waals surface area contributed by atoms with Crippen molar-refractivity contribution in [3.05, 3.63) is 0 Å². The first-order chi connectivity index (χ1) is 25.3. The lowest BCUT2D eigenvalue weighted by Crippen LogP contribution is -2.28. The van der Waals surface area contributed by atoms with Gasteiger partial charge in [0, 0.05) is 26.0 Å². The fraction of sp³-hybridized carbons (Fsp3) is 0.957. The summed E-state index contributed by atoms with van der Waals surface area (Å²) < 4.78 is 11.3. The summed E-state index contributed by atoms with van der Waals surface area (Å²) in [4.78, 5) is 27.2. The number of hydrogen-bond acceptors (Lipinski definition) is 6. The number of aliphatic hydroxyl groups is 1. The molecule has 1 N–H and O–H groups in total. The minimum absolute atomic E-state index is 0.0148. The number of esters is 2. The van der Waals surface area contributed by atoms with Crippen LogP contribution >= 0.6 is 0 Å². The fourth-order valence-electron chi connectivity index (χ4n) is 7.27. The SMILES string of the molecule is CCCCCCCCCC(=O)OCC(C)(C)CCCCCN(CCCO)CCCCCCC(=O)OCCC(CCCCCCC)CCCCCCC. The van der Waals surface area contributed by atoms with E-state index in [9.17, 15) is 14.7 Å². The van der Waals surface area contributed by atoms with Crippen LogP contribution in [0.1, 0.15) is 234 Å². The first-order valence-corrected chi connectivity index (χ1v) is 22.9. The molecule has 6 heteroatoms. The maximum atomic E-state index is 12.5. The molecule has 0 saturated heterocycles. The molecule has 0 atom stereocenters. The van der Waals surface area contributed by atoms with E-state index in [0.717, 1.165) is 90.3 Å². The highest BCUT2D eigenvalue weighted by Gasteiger charge is 2.20. The van der Waals surface area contributed by atoms with Crippen molar-refractivity contribution in [3.63, 3.8) is 0 Å². The molecule has 0 aromatic heterocycles. The van der Waals surface area contributed by atoms with Crippen LogP contribution in [0.4, 0.5) is 0 Å². The summed E-state index contributed by atoms with van der Waals surface area (Å²) in [6.45, 7) is 15.6. The molecule has 0 aromatic rings. The molecule has 6 nitrogen and oxygen atoms in total. The van der Waals surface area contributed by atoms with Crippen molar-refractivity contribution in [2.24, 2.45) is 11.3 Å². The molecular weight excluding hydrogens is 647 g/mol. The van der Waals surface area contributed by atoms with E-state index >= 15 is 0 Å². The van der Waals surface area contributed by atoms with Gasteiger partial charge in [0.05, 0.1) is 13.2 Å². The largest absolute Gasteiger partial charge is 0.466 e. The number of nitrogens with zero attached hydrogens (tertiary/aromatic N) is 1. The highest BCUT2D eigenvalue weighted by Crippen LogP contribution is 2.25. The quantitative estimate of drug-likeness (QED) is 0.0497. The van der Waals surface area contributed by atoms with E-state index in [0.29, 0.717) is 32.0 Å². The Morgan fingerprint density at radius 1 is 0.519 bits per heavy atom. The average Bonchev–Trinajstić information content (AvgIpc) is 3.13. The van der Waals surface area contributed by atoms with Gasteiger partial charge in [-0.3, -0.25) is 9.59 Å². The van der Waals surface area contributed by atoms with Crippen molar-refractivity contribution in [1.29, 1.82) is 0 Å². The smallest absolute Gasteiger partial charge is 0.305 e. The summed E-state index contributed by atoms with van der Waals surface area (Å²) in [5.41, 5.74) is 0.0162. The molecule has 0 aromatic carbocycles. The number of hydrogen-bond donors (Lipinski definition) is 1. The number of ether oxygens (including phenoxy) is 2. The minimum atomic E-state index is -0.0352. The number of aliphatic hydroxyl groups excluding tert-OH is 1. The van der Waals surface area contributed by atoms with Gasteiger partial charge >= 0.3 is 11.9 Å². The van der Waals surface area contributed by atoms with Crippen molar-refractivity contribution in [2.45, 2.75) is 234 Å². The van der Waals surface area contributed by atoms with Crippen LogP contribution in [0.3, 0.4) is 0 Å². The van der Waals surface area contributed by atoms with E-state index in [1.165, 1.54) is 116 Å². The Morgan fingerprint density at radius 2 is 0.942 bits per heavy atom. The highest BCUT2D eigenvalue weighted by molar-refractivity contribution is 5.69.